The third-order valence-electron chi connectivity index (χ3n) is 5.39. The molecule has 2 atom stereocenters. The molecule has 27 heavy (non-hydrogen) atoms. The summed E-state index contributed by atoms with van der Waals surface area (Å²) in [5.41, 5.74) is 3.90. The number of amides is 2. The van der Waals surface area contributed by atoms with Crippen molar-refractivity contribution >= 4 is 28.9 Å². The molecule has 2 unspecified atom stereocenters. The molecule has 1 saturated carbocycles. The number of anilines is 3. The molecular formula is C22H25N3O2. The molecule has 1 heterocycles. The predicted molar refractivity (Wildman–Crippen MR) is 108 cm³/mol. The highest BCUT2D eigenvalue weighted by atomic mass is 16.2. The molecule has 0 radical (unpaired) electrons. The molecule has 2 aromatic carbocycles. The normalized spacial score (nSPS) is 21.0. The molecule has 5 nitrogen and oxygen atoms in total. The fourth-order valence-corrected chi connectivity index (χ4v) is 3.61. The maximum Gasteiger partial charge on any atom is 0.228 e. The standard InChI is InChI=1S/C22H25N3O2/c1-15-4-6-16(7-5-15)23-21(26)19-14-20(19)22(27)24-17-8-10-18(11-9-17)25-12-2-3-13-25/h4-11,19-20H,2-3,12-14H2,1H3,(H,23,26)(H,24,27). The first-order valence-corrected chi connectivity index (χ1v) is 9.63. The zero-order chi connectivity index (χ0) is 18.8. The number of rotatable bonds is 5. The van der Waals surface area contributed by atoms with Gasteiger partial charge in [-0.05, 0) is 62.6 Å². The fraction of sp³-hybridized carbons (Fsp3) is 0.364. The Hall–Kier alpha value is -2.82. The number of nitrogens with zero attached hydrogens (tertiary/aromatic N) is 1. The molecule has 140 valence electrons. The highest BCUT2D eigenvalue weighted by molar-refractivity contribution is 6.03. The van der Waals surface area contributed by atoms with E-state index in [2.05, 4.69) is 27.7 Å². The molecule has 1 aliphatic heterocycles. The number of carbonyl (C=O) groups is 2. The highest BCUT2D eigenvalue weighted by Gasteiger charge is 2.48. The van der Waals surface area contributed by atoms with Gasteiger partial charge in [-0.3, -0.25) is 9.59 Å². The van der Waals surface area contributed by atoms with E-state index in [1.807, 2.05) is 43.3 Å². The minimum atomic E-state index is -0.242. The number of hydrogen-bond acceptors (Lipinski definition) is 3. The van der Waals surface area contributed by atoms with Gasteiger partial charge >= 0.3 is 0 Å². The van der Waals surface area contributed by atoms with E-state index < -0.39 is 0 Å². The lowest BCUT2D eigenvalue weighted by molar-refractivity contribution is -0.122. The van der Waals surface area contributed by atoms with Crippen molar-refractivity contribution in [3.63, 3.8) is 0 Å². The molecular weight excluding hydrogens is 338 g/mol. The molecule has 0 aromatic heterocycles. The maximum atomic E-state index is 12.4. The Kier molecular flexibility index (Phi) is 4.84. The third kappa shape index (κ3) is 4.13. The van der Waals surface area contributed by atoms with Gasteiger partial charge in [0.15, 0.2) is 0 Å². The SMILES string of the molecule is Cc1ccc(NC(=O)C2CC2C(=O)Nc2ccc(N3CCCC3)cc2)cc1. The van der Waals surface area contributed by atoms with Gasteiger partial charge in [-0.15, -0.1) is 0 Å². The summed E-state index contributed by atoms with van der Waals surface area (Å²) in [6.07, 6.45) is 3.09. The first-order chi connectivity index (χ1) is 13.1. The van der Waals surface area contributed by atoms with Crippen LogP contribution in [0.15, 0.2) is 48.5 Å². The second kappa shape index (κ2) is 7.43. The van der Waals surface area contributed by atoms with Crippen LogP contribution in [0.4, 0.5) is 17.1 Å². The molecule has 2 aromatic rings. The van der Waals surface area contributed by atoms with Crippen LogP contribution in [0.5, 0.6) is 0 Å². The van der Waals surface area contributed by atoms with Gasteiger partial charge < -0.3 is 15.5 Å². The summed E-state index contributed by atoms with van der Waals surface area (Å²) in [6, 6.07) is 15.7. The number of carbonyl (C=O) groups excluding carboxylic acids is 2. The van der Waals surface area contributed by atoms with Crippen molar-refractivity contribution in [3.05, 3.63) is 54.1 Å². The maximum absolute atomic E-state index is 12.4. The largest absolute Gasteiger partial charge is 0.372 e. The van der Waals surface area contributed by atoms with Crippen LogP contribution >= 0.6 is 0 Å². The Labute approximate surface area is 159 Å². The Morgan fingerprint density at radius 3 is 1.81 bits per heavy atom. The molecule has 2 amide bonds. The molecule has 1 saturated heterocycles. The van der Waals surface area contributed by atoms with Gasteiger partial charge in [-0.25, -0.2) is 0 Å². The van der Waals surface area contributed by atoms with E-state index in [-0.39, 0.29) is 23.7 Å². The van der Waals surface area contributed by atoms with Crippen LogP contribution in [-0.4, -0.2) is 24.9 Å². The quantitative estimate of drug-likeness (QED) is 0.849. The molecule has 5 heteroatoms. The van der Waals surface area contributed by atoms with Crippen LogP contribution in [0.25, 0.3) is 0 Å². The van der Waals surface area contributed by atoms with E-state index in [9.17, 15) is 9.59 Å². The number of nitrogens with one attached hydrogen (secondary N) is 2. The van der Waals surface area contributed by atoms with Crippen LogP contribution in [0.2, 0.25) is 0 Å². The third-order valence-corrected chi connectivity index (χ3v) is 5.39. The molecule has 0 spiro atoms. The summed E-state index contributed by atoms with van der Waals surface area (Å²) < 4.78 is 0. The Balaban J connectivity index is 1.29. The predicted octanol–water partition coefficient (Wildman–Crippen LogP) is 3.81. The van der Waals surface area contributed by atoms with Gasteiger partial charge in [0.05, 0.1) is 11.8 Å². The van der Waals surface area contributed by atoms with Crippen LogP contribution < -0.4 is 15.5 Å². The topological polar surface area (TPSA) is 61.4 Å². The van der Waals surface area contributed by atoms with Gasteiger partial charge in [0, 0.05) is 30.2 Å². The second-order valence-electron chi connectivity index (χ2n) is 7.53. The van der Waals surface area contributed by atoms with Gasteiger partial charge in [-0.1, -0.05) is 17.7 Å². The Bertz CT molecular complexity index is 824. The van der Waals surface area contributed by atoms with Crippen LogP contribution in [0, 0.1) is 18.8 Å². The van der Waals surface area contributed by atoms with Crippen molar-refractivity contribution in [2.45, 2.75) is 26.2 Å². The number of hydrogen-bond donors (Lipinski definition) is 2. The monoisotopic (exact) mass is 363 g/mol. The zero-order valence-corrected chi connectivity index (χ0v) is 15.6. The first-order valence-electron chi connectivity index (χ1n) is 9.63. The van der Waals surface area contributed by atoms with E-state index in [0.717, 1.165) is 30.0 Å². The molecule has 2 N–H and O–H groups in total. The van der Waals surface area contributed by atoms with Crippen molar-refractivity contribution in [1.82, 2.24) is 0 Å². The van der Waals surface area contributed by atoms with Gasteiger partial charge in [0.2, 0.25) is 11.8 Å². The molecule has 4 rings (SSSR count). The lowest BCUT2D eigenvalue weighted by atomic mass is 10.2. The summed E-state index contributed by atoms with van der Waals surface area (Å²) in [5.74, 6) is -0.639. The summed E-state index contributed by atoms with van der Waals surface area (Å²) in [6.45, 7) is 4.21. The summed E-state index contributed by atoms with van der Waals surface area (Å²) in [7, 11) is 0. The average molecular weight is 363 g/mol. The Morgan fingerprint density at radius 2 is 1.30 bits per heavy atom. The summed E-state index contributed by atoms with van der Waals surface area (Å²) in [4.78, 5) is 27.1. The van der Waals surface area contributed by atoms with Crippen LogP contribution in [0.1, 0.15) is 24.8 Å². The first kappa shape index (κ1) is 17.6. The smallest absolute Gasteiger partial charge is 0.228 e. The number of aryl methyl sites for hydroxylation is 1. The van der Waals surface area contributed by atoms with E-state index in [4.69, 9.17) is 0 Å². The van der Waals surface area contributed by atoms with E-state index in [1.165, 1.54) is 18.5 Å². The van der Waals surface area contributed by atoms with Crippen molar-refractivity contribution in [3.8, 4) is 0 Å². The minimum absolute atomic E-state index is 0.0759. The molecule has 0 bridgehead atoms. The van der Waals surface area contributed by atoms with Gasteiger partial charge in [0.1, 0.15) is 0 Å². The number of benzene rings is 2. The second-order valence-corrected chi connectivity index (χ2v) is 7.53. The summed E-state index contributed by atoms with van der Waals surface area (Å²) in [5, 5.41) is 5.83. The minimum Gasteiger partial charge on any atom is -0.372 e. The van der Waals surface area contributed by atoms with Crippen LogP contribution in [0.3, 0.4) is 0 Å². The van der Waals surface area contributed by atoms with Crippen LogP contribution in [-0.2, 0) is 9.59 Å². The van der Waals surface area contributed by atoms with E-state index >= 15 is 0 Å². The fourth-order valence-electron chi connectivity index (χ4n) is 3.61. The van der Waals surface area contributed by atoms with Gasteiger partial charge in [-0.2, -0.15) is 0 Å². The zero-order valence-electron chi connectivity index (χ0n) is 15.6. The lowest BCUT2D eigenvalue weighted by Gasteiger charge is -2.17. The van der Waals surface area contributed by atoms with E-state index in [1.54, 1.807) is 0 Å². The Morgan fingerprint density at radius 1 is 0.815 bits per heavy atom. The molecule has 2 fully saturated rings. The molecule has 1 aliphatic carbocycles. The van der Waals surface area contributed by atoms with Crippen molar-refractivity contribution in [2.75, 3.05) is 28.6 Å². The van der Waals surface area contributed by atoms with Crippen molar-refractivity contribution in [2.24, 2.45) is 11.8 Å². The van der Waals surface area contributed by atoms with Crippen molar-refractivity contribution in [1.29, 1.82) is 0 Å². The highest BCUT2D eigenvalue weighted by Crippen LogP contribution is 2.40. The van der Waals surface area contributed by atoms with E-state index in [0.29, 0.717) is 6.42 Å². The lowest BCUT2D eigenvalue weighted by Crippen LogP contribution is -2.21. The van der Waals surface area contributed by atoms with Gasteiger partial charge in [0.25, 0.3) is 0 Å². The molecule has 2 aliphatic rings. The average Bonchev–Trinajstić information content (AvgIpc) is 3.30. The van der Waals surface area contributed by atoms with Crippen molar-refractivity contribution < 1.29 is 9.59 Å². The summed E-state index contributed by atoms with van der Waals surface area (Å²) >= 11 is 0.